The number of hydrogen-bond acceptors (Lipinski definition) is 3. The second-order valence-corrected chi connectivity index (χ2v) is 2.08. The van der Waals surface area contributed by atoms with Gasteiger partial charge in [-0.15, -0.1) is 6.58 Å². The van der Waals surface area contributed by atoms with E-state index in [2.05, 4.69) is 11.6 Å². The van der Waals surface area contributed by atoms with Crippen molar-refractivity contribution < 1.29 is 0 Å². The highest BCUT2D eigenvalue weighted by molar-refractivity contribution is 5.72. The van der Waals surface area contributed by atoms with Crippen molar-refractivity contribution >= 4 is 6.21 Å². The summed E-state index contributed by atoms with van der Waals surface area (Å²) in [5.74, 6) is 0.759. The van der Waals surface area contributed by atoms with Crippen LogP contribution in [0.5, 0.6) is 0 Å². The predicted octanol–water partition coefficient (Wildman–Crippen LogP) is 0.316. The molecule has 1 heterocycles. The average molecular weight is 137 g/mol. The molecule has 3 heteroatoms. The molecule has 0 bridgehead atoms. The van der Waals surface area contributed by atoms with Crippen LogP contribution >= 0.6 is 0 Å². The second kappa shape index (κ2) is 3.06. The first-order valence-electron chi connectivity index (χ1n) is 3.16. The van der Waals surface area contributed by atoms with Gasteiger partial charge < -0.3 is 10.6 Å². The molecule has 0 aliphatic carbocycles. The molecule has 0 amide bonds. The van der Waals surface area contributed by atoms with Gasteiger partial charge in [0.25, 0.3) is 0 Å². The number of nitrogens with two attached hydrogens (primary N) is 1. The predicted molar refractivity (Wildman–Crippen MR) is 42.5 cm³/mol. The van der Waals surface area contributed by atoms with Crippen LogP contribution in [0.15, 0.2) is 29.5 Å². The molecule has 0 aromatic heterocycles. The van der Waals surface area contributed by atoms with Crippen LogP contribution < -0.4 is 5.73 Å². The van der Waals surface area contributed by atoms with Crippen LogP contribution in [-0.2, 0) is 0 Å². The maximum absolute atomic E-state index is 5.61. The molecule has 0 atom stereocenters. The average Bonchev–Trinajstić information content (AvgIpc) is 1.94. The Morgan fingerprint density at radius 3 is 3.30 bits per heavy atom. The lowest BCUT2D eigenvalue weighted by molar-refractivity contribution is 0.386. The van der Waals surface area contributed by atoms with E-state index in [9.17, 15) is 0 Å². The van der Waals surface area contributed by atoms with Crippen LogP contribution in [0.2, 0.25) is 0 Å². The summed E-state index contributed by atoms with van der Waals surface area (Å²) >= 11 is 0. The smallest absolute Gasteiger partial charge is 0.111 e. The molecule has 0 aromatic carbocycles. The van der Waals surface area contributed by atoms with Crippen LogP contribution in [0.4, 0.5) is 0 Å². The molecule has 1 aliphatic rings. The summed E-state index contributed by atoms with van der Waals surface area (Å²) in [6, 6.07) is 0. The van der Waals surface area contributed by atoms with E-state index in [4.69, 9.17) is 5.73 Å². The Bertz CT molecular complexity index is 179. The Kier molecular flexibility index (Phi) is 2.10. The number of hydrogen-bond donors (Lipinski definition) is 1. The van der Waals surface area contributed by atoms with E-state index >= 15 is 0 Å². The third-order valence-electron chi connectivity index (χ3n) is 1.32. The van der Waals surface area contributed by atoms with Gasteiger partial charge in [0.15, 0.2) is 0 Å². The largest absolute Gasteiger partial charge is 0.385 e. The molecule has 3 nitrogen and oxygen atoms in total. The van der Waals surface area contributed by atoms with E-state index in [1.54, 1.807) is 12.3 Å². The molecule has 1 aliphatic heterocycles. The zero-order valence-corrected chi connectivity index (χ0v) is 5.83. The summed E-state index contributed by atoms with van der Waals surface area (Å²) < 4.78 is 0. The zero-order valence-electron chi connectivity index (χ0n) is 5.83. The topological polar surface area (TPSA) is 41.6 Å². The SMILES string of the molecule is C=CCN1CN=CC=C1N. The maximum atomic E-state index is 5.61. The maximum Gasteiger partial charge on any atom is 0.111 e. The number of rotatable bonds is 2. The van der Waals surface area contributed by atoms with Crippen molar-refractivity contribution in [2.45, 2.75) is 0 Å². The van der Waals surface area contributed by atoms with Crippen molar-refractivity contribution in [2.75, 3.05) is 13.2 Å². The van der Waals surface area contributed by atoms with Gasteiger partial charge in [0, 0.05) is 12.8 Å². The summed E-state index contributed by atoms with van der Waals surface area (Å²) in [5.41, 5.74) is 5.61. The number of allylic oxidation sites excluding steroid dienone is 1. The van der Waals surface area contributed by atoms with Gasteiger partial charge in [-0.3, -0.25) is 4.99 Å². The molecule has 54 valence electrons. The summed E-state index contributed by atoms with van der Waals surface area (Å²) in [5, 5.41) is 0. The highest BCUT2D eigenvalue weighted by Crippen LogP contribution is 2.00. The molecule has 0 saturated carbocycles. The standard InChI is InChI=1S/C7H11N3/c1-2-5-10-6-9-4-3-7(10)8/h2-4H,1,5-6,8H2. The molecular weight excluding hydrogens is 126 g/mol. The second-order valence-electron chi connectivity index (χ2n) is 2.08. The Morgan fingerprint density at radius 1 is 1.90 bits per heavy atom. The lowest BCUT2D eigenvalue weighted by Crippen LogP contribution is -2.30. The van der Waals surface area contributed by atoms with E-state index in [1.807, 2.05) is 11.0 Å². The van der Waals surface area contributed by atoms with E-state index in [1.165, 1.54) is 0 Å². The van der Waals surface area contributed by atoms with Gasteiger partial charge in [0.2, 0.25) is 0 Å². The van der Waals surface area contributed by atoms with Gasteiger partial charge in [0.05, 0.1) is 0 Å². The molecule has 10 heavy (non-hydrogen) atoms. The number of aliphatic imine (C=N–C) groups is 1. The molecule has 2 N–H and O–H groups in total. The van der Waals surface area contributed by atoms with Crippen LogP contribution in [0.25, 0.3) is 0 Å². The highest BCUT2D eigenvalue weighted by atomic mass is 15.3. The van der Waals surface area contributed by atoms with Crippen molar-refractivity contribution in [3.05, 3.63) is 24.6 Å². The van der Waals surface area contributed by atoms with Crippen molar-refractivity contribution in [2.24, 2.45) is 10.7 Å². The number of nitrogens with zero attached hydrogens (tertiary/aromatic N) is 2. The monoisotopic (exact) mass is 137 g/mol. The minimum Gasteiger partial charge on any atom is -0.385 e. The van der Waals surface area contributed by atoms with E-state index in [0.717, 1.165) is 12.4 Å². The van der Waals surface area contributed by atoms with Gasteiger partial charge in [-0.1, -0.05) is 6.08 Å². The minimum atomic E-state index is 0.647. The first kappa shape index (κ1) is 6.86. The lowest BCUT2D eigenvalue weighted by Gasteiger charge is -2.22. The Hall–Kier alpha value is -1.25. The summed E-state index contributed by atoms with van der Waals surface area (Å²) in [7, 11) is 0. The quantitative estimate of drug-likeness (QED) is 0.557. The van der Waals surface area contributed by atoms with E-state index < -0.39 is 0 Å². The Labute approximate surface area is 60.5 Å². The zero-order chi connectivity index (χ0) is 7.40. The molecule has 0 fully saturated rings. The molecule has 1 rings (SSSR count). The Morgan fingerprint density at radius 2 is 2.70 bits per heavy atom. The molecule has 0 spiro atoms. The van der Waals surface area contributed by atoms with Gasteiger partial charge >= 0.3 is 0 Å². The molecular formula is C7H11N3. The van der Waals surface area contributed by atoms with Crippen LogP contribution in [0, 0.1) is 0 Å². The van der Waals surface area contributed by atoms with Crippen molar-refractivity contribution in [3.63, 3.8) is 0 Å². The van der Waals surface area contributed by atoms with E-state index in [0.29, 0.717) is 6.67 Å². The Balaban J connectivity index is 2.55. The third kappa shape index (κ3) is 1.37. The summed E-state index contributed by atoms with van der Waals surface area (Å²) in [6.45, 7) is 5.02. The first-order chi connectivity index (χ1) is 4.84. The van der Waals surface area contributed by atoms with Crippen LogP contribution in [-0.4, -0.2) is 24.3 Å². The van der Waals surface area contributed by atoms with Gasteiger partial charge in [0.1, 0.15) is 12.5 Å². The lowest BCUT2D eigenvalue weighted by atomic mass is 10.4. The highest BCUT2D eigenvalue weighted by Gasteiger charge is 2.03. The van der Waals surface area contributed by atoms with Crippen molar-refractivity contribution in [1.82, 2.24) is 4.90 Å². The third-order valence-corrected chi connectivity index (χ3v) is 1.32. The van der Waals surface area contributed by atoms with Crippen molar-refractivity contribution in [1.29, 1.82) is 0 Å². The van der Waals surface area contributed by atoms with Crippen molar-refractivity contribution in [3.8, 4) is 0 Å². The summed E-state index contributed by atoms with van der Waals surface area (Å²) in [4.78, 5) is 5.96. The van der Waals surface area contributed by atoms with Crippen LogP contribution in [0.1, 0.15) is 0 Å². The summed E-state index contributed by atoms with van der Waals surface area (Å²) in [6.07, 6.45) is 5.31. The fraction of sp³-hybridized carbons (Fsp3) is 0.286. The molecule has 0 radical (unpaired) electrons. The molecule has 0 aromatic rings. The van der Waals surface area contributed by atoms with Gasteiger partial charge in [-0.25, -0.2) is 0 Å². The first-order valence-corrected chi connectivity index (χ1v) is 3.16. The molecule has 0 saturated heterocycles. The minimum absolute atomic E-state index is 0.647. The normalized spacial score (nSPS) is 16.8. The van der Waals surface area contributed by atoms with Gasteiger partial charge in [-0.05, 0) is 6.08 Å². The fourth-order valence-corrected chi connectivity index (χ4v) is 0.781. The fourth-order valence-electron chi connectivity index (χ4n) is 0.781. The van der Waals surface area contributed by atoms with Gasteiger partial charge in [-0.2, -0.15) is 0 Å². The van der Waals surface area contributed by atoms with Crippen LogP contribution in [0.3, 0.4) is 0 Å². The van der Waals surface area contributed by atoms with E-state index in [-0.39, 0.29) is 0 Å². The molecule has 0 unspecified atom stereocenters.